The molecule has 0 aliphatic rings. The summed E-state index contributed by atoms with van der Waals surface area (Å²) >= 11 is 2.97. The third kappa shape index (κ3) is 2.89. The first-order chi connectivity index (χ1) is 9.02. The summed E-state index contributed by atoms with van der Waals surface area (Å²) in [4.78, 5) is 12.1. The van der Waals surface area contributed by atoms with E-state index in [0.717, 1.165) is 18.6 Å². The lowest BCUT2D eigenvalue weighted by molar-refractivity contribution is 0.103. The summed E-state index contributed by atoms with van der Waals surface area (Å²) in [6, 6.07) is 2.12. The molecular weight excluding hydrogens is 318 g/mol. The molecule has 0 N–H and O–H groups in total. The summed E-state index contributed by atoms with van der Waals surface area (Å²) in [5, 5.41) is 3.97. The predicted octanol–water partition coefficient (Wildman–Crippen LogP) is 3.56. The van der Waals surface area contributed by atoms with Crippen LogP contribution in [-0.2, 0) is 6.54 Å². The van der Waals surface area contributed by atoms with E-state index >= 15 is 0 Å². The van der Waals surface area contributed by atoms with Crippen LogP contribution in [0, 0.1) is 11.6 Å². The molecule has 19 heavy (non-hydrogen) atoms. The summed E-state index contributed by atoms with van der Waals surface area (Å²) in [5.41, 5.74) is -0.382. The van der Waals surface area contributed by atoms with Gasteiger partial charge in [0.1, 0.15) is 11.6 Å². The minimum absolute atomic E-state index is 0.175. The molecule has 0 atom stereocenters. The first-order valence-corrected chi connectivity index (χ1v) is 6.54. The van der Waals surface area contributed by atoms with Crippen LogP contribution in [0.4, 0.5) is 8.78 Å². The van der Waals surface area contributed by atoms with Crippen LogP contribution in [0.25, 0.3) is 0 Å². The molecule has 0 unspecified atom stereocenters. The van der Waals surface area contributed by atoms with E-state index in [1.165, 1.54) is 12.4 Å². The Kier molecular flexibility index (Phi) is 4.09. The zero-order valence-corrected chi connectivity index (χ0v) is 11.7. The lowest BCUT2D eigenvalue weighted by Crippen LogP contribution is -2.07. The van der Waals surface area contributed by atoms with Gasteiger partial charge in [0.25, 0.3) is 0 Å². The highest BCUT2D eigenvalue weighted by Crippen LogP contribution is 2.22. The Labute approximate surface area is 117 Å². The first kappa shape index (κ1) is 13.9. The summed E-state index contributed by atoms with van der Waals surface area (Å²) in [6.07, 6.45) is 3.67. The number of hydrogen-bond donors (Lipinski definition) is 0. The third-order valence-electron chi connectivity index (χ3n) is 2.58. The van der Waals surface area contributed by atoms with Gasteiger partial charge >= 0.3 is 0 Å². The van der Waals surface area contributed by atoms with E-state index in [-0.39, 0.29) is 10.0 Å². The van der Waals surface area contributed by atoms with Crippen molar-refractivity contribution in [1.29, 1.82) is 0 Å². The van der Waals surface area contributed by atoms with Gasteiger partial charge in [-0.2, -0.15) is 5.10 Å². The van der Waals surface area contributed by atoms with Crippen molar-refractivity contribution in [3.8, 4) is 0 Å². The molecule has 1 aromatic heterocycles. The minimum atomic E-state index is -0.889. The van der Waals surface area contributed by atoms with E-state index in [1.54, 1.807) is 4.68 Å². The van der Waals surface area contributed by atoms with Crippen molar-refractivity contribution < 1.29 is 13.6 Å². The van der Waals surface area contributed by atoms with Crippen LogP contribution in [0.15, 0.2) is 29.0 Å². The fourth-order valence-corrected chi connectivity index (χ4v) is 2.14. The molecule has 100 valence electrons. The van der Waals surface area contributed by atoms with E-state index in [1.807, 2.05) is 6.92 Å². The van der Waals surface area contributed by atoms with Crippen LogP contribution in [0.1, 0.15) is 29.3 Å². The highest BCUT2D eigenvalue weighted by Gasteiger charge is 2.21. The molecule has 0 aliphatic heterocycles. The Morgan fingerprint density at radius 3 is 2.58 bits per heavy atom. The Morgan fingerprint density at radius 1 is 1.37 bits per heavy atom. The molecule has 0 radical (unpaired) electrons. The second-order valence-corrected chi connectivity index (χ2v) is 4.98. The molecule has 0 spiro atoms. The third-order valence-corrected chi connectivity index (χ3v) is 3.04. The minimum Gasteiger partial charge on any atom is -0.288 e. The number of aryl methyl sites for hydroxylation is 1. The molecule has 0 bridgehead atoms. The maximum Gasteiger partial charge on any atom is 0.202 e. The fraction of sp³-hybridized carbons (Fsp3) is 0.231. The Hall–Kier alpha value is -1.56. The van der Waals surface area contributed by atoms with Crippen molar-refractivity contribution in [3.63, 3.8) is 0 Å². The molecule has 3 nitrogen and oxygen atoms in total. The van der Waals surface area contributed by atoms with Crippen LogP contribution in [0.3, 0.4) is 0 Å². The van der Waals surface area contributed by atoms with E-state index in [4.69, 9.17) is 0 Å². The number of benzene rings is 1. The van der Waals surface area contributed by atoms with E-state index in [9.17, 15) is 13.6 Å². The summed E-state index contributed by atoms with van der Waals surface area (Å²) in [6.45, 7) is 2.62. The molecule has 2 aromatic rings. The number of rotatable bonds is 4. The van der Waals surface area contributed by atoms with Crippen molar-refractivity contribution in [3.05, 3.63) is 51.8 Å². The topological polar surface area (TPSA) is 34.9 Å². The highest BCUT2D eigenvalue weighted by atomic mass is 79.9. The number of hydrogen-bond acceptors (Lipinski definition) is 2. The molecule has 2 rings (SSSR count). The van der Waals surface area contributed by atoms with Gasteiger partial charge in [0, 0.05) is 17.2 Å². The molecule has 0 aliphatic carbocycles. The van der Waals surface area contributed by atoms with Gasteiger partial charge in [-0.25, -0.2) is 8.78 Å². The zero-order chi connectivity index (χ0) is 14.0. The van der Waals surface area contributed by atoms with E-state index < -0.39 is 23.0 Å². The Balaban J connectivity index is 2.38. The lowest BCUT2D eigenvalue weighted by atomic mass is 10.1. The number of nitrogens with zero attached hydrogens (tertiary/aromatic N) is 2. The van der Waals surface area contributed by atoms with Crippen molar-refractivity contribution in [2.45, 2.75) is 19.9 Å². The van der Waals surface area contributed by atoms with Gasteiger partial charge < -0.3 is 0 Å². The number of halogens is 3. The maximum absolute atomic E-state index is 13.7. The van der Waals surface area contributed by atoms with E-state index in [0.29, 0.717) is 6.54 Å². The number of carbonyl (C=O) groups is 1. The van der Waals surface area contributed by atoms with Gasteiger partial charge in [0.05, 0.1) is 17.3 Å². The standard InChI is InChI=1S/C13H11BrF2N2O/c1-2-3-18-7-8(6-17-18)13(19)12-10(15)4-9(14)5-11(12)16/h4-7H,2-3H2,1H3. The van der Waals surface area contributed by atoms with Gasteiger partial charge in [-0.3, -0.25) is 9.48 Å². The normalized spacial score (nSPS) is 10.7. The van der Waals surface area contributed by atoms with Gasteiger partial charge in [-0.1, -0.05) is 22.9 Å². The summed E-state index contributed by atoms with van der Waals surface area (Å²) in [5.74, 6) is -2.48. The molecule has 1 heterocycles. The van der Waals surface area contributed by atoms with Gasteiger partial charge in [0.2, 0.25) is 5.78 Å². The second-order valence-electron chi connectivity index (χ2n) is 4.07. The van der Waals surface area contributed by atoms with Crippen LogP contribution >= 0.6 is 15.9 Å². The SMILES string of the molecule is CCCn1cc(C(=O)c2c(F)cc(Br)cc2F)cn1. The zero-order valence-electron chi connectivity index (χ0n) is 10.2. The van der Waals surface area contributed by atoms with Crippen molar-refractivity contribution in [2.24, 2.45) is 0 Å². The molecule has 1 aromatic carbocycles. The molecule has 0 saturated heterocycles. The average Bonchev–Trinajstić information content (AvgIpc) is 2.76. The number of ketones is 1. The van der Waals surface area contributed by atoms with Gasteiger partial charge in [-0.15, -0.1) is 0 Å². The predicted molar refractivity (Wildman–Crippen MR) is 70.0 cm³/mol. The molecule has 0 fully saturated rings. The highest BCUT2D eigenvalue weighted by molar-refractivity contribution is 9.10. The van der Waals surface area contributed by atoms with Crippen LogP contribution in [0.2, 0.25) is 0 Å². The molecule has 6 heteroatoms. The average molecular weight is 329 g/mol. The maximum atomic E-state index is 13.7. The van der Waals surface area contributed by atoms with Crippen molar-refractivity contribution in [2.75, 3.05) is 0 Å². The van der Waals surface area contributed by atoms with Gasteiger partial charge in [-0.05, 0) is 18.6 Å². The number of carbonyl (C=O) groups excluding carboxylic acids is 1. The van der Waals surface area contributed by atoms with Crippen LogP contribution in [0.5, 0.6) is 0 Å². The van der Waals surface area contributed by atoms with E-state index in [2.05, 4.69) is 21.0 Å². The molecular formula is C13H11BrF2N2O. The Morgan fingerprint density at radius 2 is 2.00 bits per heavy atom. The second kappa shape index (κ2) is 5.61. The van der Waals surface area contributed by atoms with Crippen molar-refractivity contribution >= 4 is 21.7 Å². The molecule has 0 amide bonds. The quantitative estimate of drug-likeness (QED) is 0.804. The van der Waals surface area contributed by atoms with Gasteiger partial charge in [0.15, 0.2) is 0 Å². The Bertz CT molecular complexity index is 602. The summed E-state index contributed by atoms with van der Waals surface area (Å²) in [7, 11) is 0. The molecule has 0 saturated carbocycles. The summed E-state index contributed by atoms with van der Waals surface area (Å²) < 4.78 is 29.2. The monoisotopic (exact) mass is 328 g/mol. The van der Waals surface area contributed by atoms with Crippen LogP contribution in [-0.4, -0.2) is 15.6 Å². The van der Waals surface area contributed by atoms with Crippen molar-refractivity contribution in [1.82, 2.24) is 9.78 Å². The lowest BCUT2D eigenvalue weighted by Gasteiger charge is -2.03. The fourth-order valence-electron chi connectivity index (χ4n) is 1.74. The largest absolute Gasteiger partial charge is 0.288 e. The van der Waals surface area contributed by atoms with Crippen LogP contribution < -0.4 is 0 Å². The smallest absolute Gasteiger partial charge is 0.202 e. The number of aromatic nitrogens is 2. The first-order valence-electron chi connectivity index (χ1n) is 5.74.